The van der Waals surface area contributed by atoms with E-state index in [2.05, 4.69) is 25.6 Å². The topological polar surface area (TPSA) is 110 Å². The molecule has 0 amide bonds. The summed E-state index contributed by atoms with van der Waals surface area (Å²) in [7, 11) is 1.13. The summed E-state index contributed by atoms with van der Waals surface area (Å²) in [5, 5.41) is 5.11. The second kappa shape index (κ2) is 14.5. The Balaban J connectivity index is 0.000000416. The van der Waals surface area contributed by atoms with Gasteiger partial charge >= 0.3 is 18.4 Å². The number of rotatable bonds is 2. The van der Waals surface area contributed by atoms with Crippen molar-refractivity contribution in [3.8, 4) is 23.1 Å². The van der Waals surface area contributed by atoms with Gasteiger partial charge < -0.3 is 25.8 Å². The minimum atomic E-state index is -5.22. The molecule has 0 bridgehead atoms. The lowest BCUT2D eigenvalue weighted by Crippen LogP contribution is -2.42. The monoisotopic (exact) mass is 715 g/mol. The SMILES string of the molecule is CC.COc1nc2c3c(nc(-c4cc(N)c(F)c(C)c4C(F)(F)F)c(F)c3n1)OC(C(F)(F)F)CCNCCN2.FC1(F)CC2CCN2C1. The molecule has 272 valence electrons. The van der Waals surface area contributed by atoms with Gasteiger partial charge in [-0.1, -0.05) is 13.8 Å². The summed E-state index contributed by atoms with van der Waals surface area (Å²) >= 11 is 0. The number of hydrogen-bond acceptors (Lipinski definition) is 9. The van der Waals surface area contributed by atoms with E-state index in [0.717, 1.165) is 27.0 Å². The molecule has 2 aromatic heterocycles. The molecular weight excluding hydrogens is 680 g/mol. The van der Waals surface area contributed by atoms with Crippen molar-refractivity contribution < 1.29 is 53.4 Å². The van der Waals surface area contributed by atoms with Crippen LogP contribution in [0.15, 0.2) is 6.07 Å². The molecule has 3 aromatic rings. The van der Waals surface area contributed by atoms with E-state index in [0.29, 0.717) is 6.07 Å². The lowest BCUT2D eigenvalue weighted by atomic mass is 9.96. The van der Waals surface area contributed by atoms with Gasteiger partial charge in [0.25, 0.3) is 5.92 Å². The van der Waals surface area contributed by atoms with Crippen LogP contribution >= 0.6 is 0 Å². The number of nitrogen functional groups attached to an aromatic ring is 1. The molecule has 2 fully saturated rings. The van der Waals surface area contributed by atoms with Gasteiger partial charge in [-0.3, -0.25) is 4.90 Å². The maximum Gasteiger partial charge on any atom is 0.425 e. The third-order valence-corrected chi connectivity index (χ3v) is 8.01. The van der Waals surface area contributed by atoms with Crippen molar-refractivity contribution in [1.29, 1.82) is 0 Å². The van der Waals surface area contributed by atoms with Crippen LogP contribution in [0.3, 0.4) is 0 Å². The molecule has 9 nitrogen and oxygen atoms in total. The number of aromatic nitrogens is 3. The Morgan fingerprint density at radius 3 is 2.22 bits per heavy atom. The molecule has 2 atom stereocenters. The largest absolute Gasteiger partial charge is 0.467 e. The zero-order valence-electron chi connectivity index (χ0n) is 26.9. The highest BCUT2D eigenvalue weighted by molar-refractivity contribution is 5.96. The fourth-order valence-electron chi connectivity index (χ4n) is 5.67. The maximum atomic E-state index is 15.9. The highest BCUT2D eigenvalue weighted by Crippen LogP contribution is 2.45. The van der Waals surface area contributed by atoms with Crippen LogP contribution in [0.4, 0.5) is 55.4 Å². The number of nitrogens with one attached hydrogen (secondary N) is 2. The summed E-state index contributed by atoms with van der Waals surface area (Å²) in [6.07, 6.45) is -12.1. The van der Waals surface area contributed by atoms with Crippen LogP contribution in [0.2, 0.25) is 0 Å². The fraction of sp³-hybridized carbons (Fsp3) is 0.567. The second-order valence-corrected chi connectivity index (χ2v) is 11.3. The van der Waals surface area contributed by atoms with Gasteiger partial charge in [-0.2, -0.15) is 36.3 Å². The number of nitrogens with zero attached hydrogens (tertiary/aromatic N) is 4. The summed E-state index contributed by atoms with van der Waals surface area (Å²) in [5.41, 5.74) is -0.653. The van der Waals surface area contributed by atoms with Crippen molar-refractivity contribution in [2.45, 2.75) is 70.5 Å². The van der Waals surface area contributed by atoms with Crippen LogP contribution in [-0.4, -0.2) is 83.9 Å². The molecule has 0 aliphatic carbocycles. The number of methoxy groups -OCH3 is 1. The van der Waals surface area contributed by atoms with E-state index in [1.165, 1.54) is 0 Å². The zero-order valence-corrected chi connectivity index (χ0v) is 26.9. The molecular formula is C30H35F10N7O2. The average Bonchev–Trinajstić information content (AvgIpc) is 3.21. The first-order valence-electron chi connectivity index (χ1n) is 15.3. The third kappa shape index (κ3) is 8.13. The predicted octanol–water partition coefficient (Wildman–Crippen LogP) is 6.73. The normalized spacial score (nSPS) is 20.6. The van der Waals surface area contributed by atoms with E-state index in [9.17, 15) is 39.5 Å². The molecule has 4 N–H and O–H groups in total. The molecule has 19 heteroatoms. The number of benzene rings is 1. The van der Waals surface area contributed by atoms with Gasteiger partial charge in [0, 0.05) is 44.1 Å². The lowest BCUT2D eigenvalue weighted by Gasteiger charge is -2.33. The quantitative estimate of drug-likeness (QED) is 0.197. The van der Waals surface area contributed by atoms with Gasteiger partial charge in [0.15, 0.2) is 11.9 Å². The number of alkyl halides is 8. The molecule has 3 aliphatic rings. The van der Waals surface area contributed by atoms with E-state index in [1.807, 2.05) is 18.7 Å². The number of ether oxygens (including phenoxy) is 2. The number of pyridine rings is 1. The first-order chi connectivity index (χ1) is 22.9. The van der Waals surface area contributed by atoms with Crippen molar-refractivity contribution in [2.75, 3.05) is 50.9 Å². The van der Waals surface area contributed by atoms with Crippen molar-refractivity contribution in [3.63, 3.8) is 0 Å². The smallest absolute Gasteiger partial charge is 0.425 e. The first kappa shape index (κ1) is 37.9. The van der Waals surface area contributed by atoms with Gasteiger partial charge in [0.05, 0.1) is 24.9 Å². The van der Waals surface area contributed by atoms with Crippen LogP contribution in [0, 0.1) is 18.6 Å². The third-order valence-electron chi connectivity index (χ3n) is 8.01. The number of nitrogens with two attached hydrogens (primary N) is 1. The molecule has 0 radical (unpaired) electrons. The van der Waals surface area contributed by atoms with Crippen molar-refractivity contribution in [1.82, 2.24) is 25.2 Å². The molecule has 5 heterocycles. The van der Waals surface area contributed by atoms with E-state index in [4.69, 9.17) is 15.2 Å². The number of halogens is 10. The Hall–Kier alpha value is -3.87. The molecule has 6 rings (SSSR count). The summed E-state index contributed by atoms with van der Waals surface area (Å²) < 4.78 is 149. The maximum absolute atomic E-state index is 15.9. The number of anilines is 2. The van der Waals surface area contributed by atoms with Gasteiger partial charge in [0.2, 0.25) is 5.88 Å². The molecule has 2 unspecified atom stereocenters. The number of fused-ring (bicyclic) bond motifs is 1. The van der Waals surface area contributed by atoms with Crippen molar-refractivity contribution in [3.05, 3.63) is 28.8 Å². The van der Waals surface area contributed by atoms with Gasteiger partial charge in [-0.15, -0.1) is 0 Å². The van der Waals surface area contributed by atoms with E-state index < -0.39 is 93.3 Å². The Morgan fingerprint density at radius 2 is 1.69 bits per heavy atom. The van der Waals surface area contributed by atoms with Gasteiger partial charge in [0.1, 0.15) is 28.2 Å². The molecule has 2 saturated heterocycles. The predicted molar refractivity (Wildman–Crippen MR) is 161 cm³/mol. The Morgan fingerprint density at radius 1 is 1.00 bits per heavy atom. The molecule has 0 spiro atoms. The summed E-state index contributed by atoms with van der Waals surface area (Å²) in [6, 6.07) is 0.284. The van der Waals surface area contributed by atoms with Crippen LogP contribution in [0.25, 0.3) is 22.2 Å². The standard InChI is InChI=1S/C22H20F8N6O2.C6H9F2N.C2H6/c1-8-13(22(28,29)30)9(7-10(31)14(8)23)16-15(24)17-12-18(36-20(35-17)37-2)33-6-5-32-4-3-11(21(25,26)27)38-19(12)34-16;7-6(8)3-5-1-2-9(5)4-6;1-2/h7,11,32H,3-6,31H2,1-2H3,(H,33,35,36);5H,1-4H2;1-2H3. The highest BCUT2D eigenvalue weighted by Gasteiger charge is 2.48. The fourth-order valence-corrected chi connectivity index (χ4v) is 5.67. The second-order valence-electron chi connectivity index (χ2n) is 11.3. The average molecular weight is 716 g/mol. The Kier molecular flexibility index (Phi) is 11.3. The minimum Gasteiger partial charge on any atom is -0.467 e. The highest BCUT2D eigenvalue weighted by atomic mass is 19.4. The van der Waals surface area contributed by atoms with Crippen LogP contribution in [-0.2, 0) is 6.18 Å². The first-order valence-corrected chi connectivity index (χ1v) is 15.3. The Bertz CT molecular complexity index is 1640. The summed E-state index contributed by atoms with van der Waals surface area (Å²) in [4.78, 5) is 13.4. The van der Waals surface area contributed by atoms with Crippen LogP contribution in [0.1, 0.15) is 44.2 Å². The summed E-state index contributed by atoms with van der Waals surface area (Å²) in [6.45, 7) is 5.84. The molecule has 49 heavy (non-hydrogen) atoms. The van der Waals surface area contributed by atoms with Crippen LogP contribution < -0.4 is 25.8 Å². The van der Waals surface area contributed by atoms with Crippen LogP contribution in [0.5, 0.6) is 11.9 Å². The van der Waals surface area contributed by atoms with Crippen molar-refractivity contribution in [2.24, 2.45) is 0 Å². The Labute approximate surface area is 274 Å². The molecule has 3 aliphatic heterocycles. The molecule has 1 aromatic carbocycles. The summed E-state index contributed by atoms with van der Waals surface area (Å²) in [5.74, 6) is -6.35. The van der Waals surface area contributed by atoms with E-state index >= 15 is 4.39 Å². The lowest BCUT2D eigenvalue weighted by molar-refractivity contribution is -0.196. The van der Waals surface area contributed by atoms with Gasteiger partial charge in [-0.25, -0.2) is 22.5 Å². The van der Waals surface area contributed by atoms with Crippen molar-refractivity contribution >= 4 is 22.4 Å². The molecule has 0 saturated carbocycles. The van der Waals surface area contributed by atoms with Gasteiger partial charge in [-0.05, 0) is 31.5 Å². The minimum absolute atomic E-state index is 0.0116. The van der Waals surface area contributed by atoms with E-state index in [1.54, 1.807) is 0 Å². The number of hydrogen-bond donors (Lipinski definition) is 3. The zero-order chi connectivity index (χ0) is 36.5. The van der Waals surface area contributed by atoms with E-state index in [-0.39, 0.29) is 44.5 Å².